The molecule has 2 nitrogen and oxygen atoms in total. The molecular weight excluding hydrogens is 512 g/mol. The van der Waals surface area contributed by atoms with E-state index in [2.05, 4.69) is 32.7 Å². The summed E-state index contributed by atoms with van der Waals surface area (Å²) < 4.78 is 4.66. The van der Waals surface area contributed by atoms with Gasteiger partial charge >= 0.3 is 0 Å². The molecule has 0 radical (unpaired) electrons. The molecule has 0 N–H and O–H groups in total. The quantitative estimate of drug-likeness (QED) is 0.300. The molecule has 3 aliphatic rings. The fourth-order valence-electron chi connectivity index (χ4n) is 2.04. The molecule has 0 aliphatic carbocycles. The largest absolute Gasteiger partial charge is 0.228 e. The number of rotatable bonds is 2. The summed E-state index contributed by atoms with van der Waals surface area (Å²) >= 11 is 23.2. The molecule has 4 rings (SSSR count). The number of nitrogens with zero attached hydrogens (tertiary/aromatic N) is 2. The third-order valence-corrected chi connectivity index (χ3v) is 14.1. The molecule has 3 aliphatic heterocycles. The van der Waals surface area contributed by atoms with Crippen molar-refractivity contribution in [2.24, 2.45) is 0 Å². The number of thioether (sulfide) groups is 7. The Labute approximate surface area is 199 Å². The maximum absolute atomic E-state index is 6.44. The zero-order chi connectivity index (χ0) is 19.3. The van der Waals surface area contributed by atoms with E-state index < -0.39 is 0 Å². The number of allylic oxidation sites excluding steroid dienone is 4. The van der Waals surface area contributed by atoms with E-state index in [4.69, 9.17) is 29.2 Å². The first-order valence-electron chi connectivity index (χ1n) is 7.66. The second-order valence-electron chi connectivity index (χ2n) is 5.54. The maximum Gasteiger partial charge on any atom is 0.163 e. The summed E-state index contributed by atoms with van der Waals surface area (Å²) in [6.07, 6.45) is 0. The average Bonchev–Trinajstić information content (AvgIpc) is 3.27. The van der Waals surface area contributed by atoms with Gasteiger partial charge in [-0.2, -0.15) is 0 Å². The van der Waals surface area contributed by atoms with Crippen molar-refractivity contribution < 1.29 is 0 Å². The Morgan fingerprint density at radius 1 is 0.778 bits per heavy atom. The van der Waals surface area contributed by atoms with Gasteiger partial charge in [0.05, 0.1) is 16.9 Å². The van der Waals surface area contributed by atoms with Crippen molar-refractivity contribution in [3.8, 4) is 0 Å². The topological polar surface area (TPSA) is 25.8 Å². The molecule has 0 unspecified atom stereocenters. The van der Waals surface area contributed by atoms with E-state index in [-0.39, 0.29) is 0 Å². The van der Waals surface area contributed by atoms with Crippen LogP contribution in [0.15, 0.2) is 51.6 Å². The maximum atomic E-state index is 6.44. The average molecular weight is 525 g/mol. The Balaban J connectivity index is 1.55. The van der Waals surface area contributed by atoms with Crippen molar-refractivity contribution >= 4 is 107 Å². The number of hydrogen-bond donors (Lipinski definition) is 1. The Kier molecular flexibility index (Phi) is 6.89. The highest BCUT2D eigenvalue weighted by molar-refractivity contribution is 8.32. The van der Waals surface area contributed by atoms with Gasteiger partial charge in [0.25, 0.3) is 0 Å². The van der Waals surface area contributed by atoms with Gasteiger partial charge in [0.2, 0.25) is 0 Å². The van der Waals surface area contributed by atoms with Gasteiger partial charge in [-0.1, -0.05) is 93.9 Å². The summed E-state index contributed by atoms with van der Waals surface area (Å²) in [6.45, 7) is 8.60. The van der Waals surface area contributed by atoms with Crippen LogP contribution >= 0.6 is 107 Å². The van der Waals surface area contributed by atoms with E-state index >= 15 is 0 Å². The fourth-order valence-corrected chi connectivity index (χ4v) is 11.3. The molecule has 0 saturated carbocycles. The lowest BCUT2D eigenvalue weighted by molar-refractivity contribution is 0.858. The van der Waals surface area contributed by atoms with Gasteiger partial charge in [0.15, 0.2) is 5.15 Å². The smallest absolute Gasteiger partial charge is 0.163 e. The summed E-state index contributed by atoms with van der Waals surface area (Å²) in [7, 11) is 0. The number of thiol groups is 1. The third kappa shape index (κ3) is 4.58. The van der Waals surface area contributed by atoms with E-state index in [9.17, 15) is 0 Å². The second-order valence-corrected chi connectivity index (χ2v) is 15.3. The highest BCUT2D eigenvalue weighted by atomic mass is 35.5. The zero-order valence-corrected chi connectivity index (χ0v) is 21.9. The lowest BCUT2D eigenvalue weighted by Crippen LogP contribution is -1.90. The molecule has 0 atom stereocenters. The van der Waals surface area contributed by atoms with Gasteiger partial charge in [0.1, 0.15) is 15.1 Å². The van der Waals surface area contributed by atoms with Crippen LogP contribution in [0.3, 0.4) is 0 Å². The molecular formula is C16H13ClN2S8. The molecule has 0 saturated heterocycles. The number of halogens is 1. The van der Waals surface area contributed by atoms with Gasteiger partial charge in [0, 0.05) is 0 Å². The van der Waals surface area contributed by atoms with Gasteiger partial charge in [-0.25, -0.2) is 9.97 Å². The van der Waals surface area contributed by atoms with Crippen molar-refractivity contribution in [2.45, 2.75) is 42.8 Å². The summed E-state index contributed by atoms with van der Waals surface area (Å²) in [6, 6.07) is 0. The van der Waals surface area contributed by atoms with E-state index in [1.54, 1.807) is 47.0 Å². The summed E-state index contributed by atoms with van der Waals surface area (Å²) in [5.74, 6) is 0. The van der Waals surface area contributed by atoms with Crippen LogP contribution in [-0.4, -0.2) is 9.97 Å². The van der Waals surface area contributed by atoms with E-state index in [1.165, 1.54) is 44.1 Å². The van der Waals surface area contributed by atoms with Crippen molar-refractivity contribution in [1.29, 1.82) is 0 Å². The normalized spacial score (nSPS) is 19.7. The van der Waals surface area contributed by atoms with Crippen LogP contribution in [0.1, 0.15) is 27.7 Å². The molecule has 0 amide bonds. The minimum absolute atomic E-state index is 0.442. The lowest BCUT2D eigenvalue weighted by Gasteiger charge is -2.06. The molecule has 0 fully saturated rings. The first-order valence-corrected chi connectivity index (χ1v) is 14.2. The van der Waals surface area contributed by atoms with Crippen molar-refractivity contribution in [3.05, 3.63) is 41.7 Å². The first-order chi connectivity index (χ1) is 12.8. The number of aromatic nitrogens is 2. The van der Waals surface area contributed by atoms with Crippen LogP contribution in [0, 0.1) is 0 Å². The summed E-state index contributed by atoms with van der Waals surface area (Å²) in [4.78, 5) is 14.8. The van der Waals surface area contributed by atoms with Crippen LogP contribution in [0.2, 0.25) is 5.15 Å². The van der Waals surface area contributed by atoms with Crippen LogP contribution in [0.25, 0.3) is 0 Å². The van der Waals surface area contributed by atoms with Gasteiger partial charge in [-0.05, 0) is 47.3 Å². The van der Waals surface area contributed by atoms with E-state index in [0.717, 1.165) is 14.3 Å². The van der Waals surface area contributed by atoms with Crippen LogP contribution in [0.5, 0.6) is 0 Å². The van der Waals surface area contributed by atoms with E-state index in [0.29, 0.717) is 10.2 Å². The monoisotopic (exact) mass is 524 g/mol. The lowest BCUT2D eigenvalue weighted by atomic mass is 10.6. The van der Waals surface area contributed by atoms with Gasteiger partial charge in [-0.15, -0.1) is 12.6 Å². The molecule has 11 heteroatoms. The Morgan fingerprint density at radius 2 is 1.26 bits per heavy atom. The molecule has 142 valence electrons. The van der Waals surface area contributed by atoms with Crippen LogP contribution in [-0.2, 0) is 0 Å². The highest BCUT2D eigenvalue weighted by Crippen LogP contribution is 2.60. The van der Waals surface area contributed by atoms with Crippen LogP contribution < -0.4 is 0 Å². The zero-order valence-electron chi connectivity index (χ0n) is 14.6. The number of fused-ring (bicyclic) bond motifs is 1. The first kappa shape index (κ1) is 21.4. The SMILES string of the molecule is CC1=C(C)SC(=C(S)Sc2nc3c(nc2Cl)SC(=C2SC(C)=C(C)S2)S3)S1. The minimum atomic E-state index is 0.442. The third-order valence-electron chi connectivity index (χ3n) is 3.65. The van der Waals surface area contributed by atoms with Crippen molar-refractivity contribution in [2.75, 3.05) is 0 Å². The van der Waals surface area contributed by atoms with Gasteiger partial charge < -0.3 is 0 Å². The second kappa shape index (κ2) is 8.70. The minimum Gasteiger partial charge on any atom is -0.228 e. The molecule has 0 bridgehead atoms. The Bertz CT molecular complexity index is 947. The van der Waals surface area contributed by atoms with Crippen molar-refractivity contribution in [3.63, 3.8) is 0 Å². The summed E-state index contributed by atoms with van der Waals surface area (Å²) in [5.41, 5.74) is 0. The van der Waals surface area contributed by atoms with E-state index in [1.807, 2.05) is 23.5 Å². The standard InChI is InChI=1S/C16H13ClN2S8/c1-5-6(2)22-14(21-5)13(20)25-10-9(17)18-11-12(19-10)27-16(26-11)15-23-7(3)8(4)24-15/h20H,1-4H3. The Hall–Kier alpha value is 1.13. The molecule has 0 spiro atoms. The Morgan fingerprint density at radius 3 is 1.85 bits per heavy atom. The molecule has 1 aromatic heterocycles. The van der Waals surface area contributed by atoms with Gasteiger partial charge in [-0.3, -0.25) is 0 Å². The van der Waals surface area contributed by atoms with Crippen LogP contribution in [0.4, 0.5) is 0 Å². The molecule has 0 aromatic carbocycles. The summed E-state index contributed by atoms with van der Waals surface area (Å²) in [5, 5.41) is 2.98. The molecule has 27 heavy (non-hydrogen) atoms. The molecule has 4 heterocycles. The predicted molar refractivity (Wildman–Crippen MR) is 135 cm³/mol. The highest BCUT2D eigenvalue weighted by Gasteiger charge is 2.29. The predicted octanol–water partition coefficient (Wildman–Crippen LogP) is 9.07. The van der Waals surface area contributed by atoms with Crippen molar-refractivity contribution in [1.82, 2.24) is 9.97 Å². The number of hydrogen-bond acceptors (Lipinski definition) is 10. The fraction of sp³-hybridized carbons (Fsp3) is 0.250. The molecule has 1 aromatic rings.